The third-order valence-electron chi connectivity index (χ3n) is 4.98. The number of rotatable bonds is 4. The highest BCUT2D eigenvalue weighted by Gasteiger charge is 2.40. The lowest BCUT2D eigenvalue weighted by molar-refractivity contribution is 0.0218. The molecule has 5 heterocycles. The Kier molecular flexibility index (Phi) is 4.13. The summed E-state index contributed by atoms with van der Waals surface area (Å²) in [5.41, 5.74) is 0. The van der Waals surface area contributed by atoms with Gasteiger partial charge in [-0.2, -0.15) is 0 Å². The number of piperidine rings is 3. The summed E-state index contributed by atoms with van der Waals surface area (Å²) in [6, 6.07) is 8.32. The van der Waals surface area contributed by atoms with Crippen molar-refractivity contribution in [3.63, 3.8) is 0 Å². The summed E-state index contributed by atoms with van der Waals surface area (Å²) in [4.78, 5) is 15.8. The van der Waals surface area contributed by atoms with Crippen molar-refractivity contribution in [1.29, 1.82) is 0 Å². The molecule has 122 valence electrons. The molecule has 0 unspecified atom stereocenters. The van der Waals surface area contributed by atoms with E-state index in [1.807, 2.05) is 29.6 Å². The van der Waals surface area contributed by atoms with Crippen molar-refractivity contribution >= 4 is 28.6 Å². The van der Waals surface area contributed by atoms with Gasteiger partial charge in [-0.25, -0.2) is 0 Å². The molecule has 1 N–H and O–H groups in total. The van der Waals surface area contributed by atoms with E-state index < -0.39 is 0 Å². The van der Waals surface area contributed by atoms with Crippen LogP contribution < -0.4 is 10.1 Å². The molecular formula is C17H20N2O2S2. The number of fused-ring (bicyclic) bond motifs is 3. The lowest BCUT2D eigenvalue weighted by atomic mass is 9.79. The van der Waals surface area contributed by atoms with Crippen LogP contribution in [0.5, 0.6) is 10.1 Å². The van der Waals surface area contributed by atoms with Crippen molar-refractivity contribution in [2.75, 3.05) is 13.1 Å². The van der Waals surface area contributed by atoms with Gasteiger partial charge < -0.3 is 10.1 Å². The Bertz CT molecular complexity index is 673. The molecule has 0 aliphatic carbocycles. The topological polar surface area (TPSA) is 41.6 Å². The Labute approximate surface area is 144 Å². The van der Waals surface area contributed by atoms with E-state index in [2.05, 4.69) is 17.1 Å². The van der Waals surface area contributed by atoms with Crippen LogP contribution in [0.15, 0.2) is 29.6 Å². The first-order valence-corrected chi connectivity index (χ1v) is 9.76. The lowest BCUT2D eigenvalue weighted by Crippen LogP contribution is -2.62. The van der Waals surface area contributed by atoms with E-state index in [0.29, 0.717) is 12.0 Å². The number of carbonyl (C=O) groups is 1. The van der Waals surface area contributed by atoms with Crippen LogP contribution in [0.1, 0.15) is 29.4 Å². The van der Waals surface area contributed by atoms with Gasteiger partial charge >= 0.3 is 0 Å². The van der Waals surface area contributed by atoms with Crippen molar-refractivity contribution in [3.8, 4) is 10.1 Å². The number of hydrogen-bond acceptors (Lipinski definition) is 5. The molecular weight excluding hydrogens is 328 g/mol. The van der Waals surface area contributed by atoms with E-state index in [0.717, 1.165) is 15.0 Å². The Balaban J connectivity index is 1.42. The van der Waals surface area contributed by atoms with Gasteiger partial charge in [0.2, 0.25) is 0 Å². The van der Waals surface area contributed by atoms with Gasteiger partial charge in [0.05, 0.1) is 4.88 Å². The van der Waals surface area contributed by atoms with Crippen LogP contribution in [0.2, 0.25) is 0 Å². The summed E-state index contributed by atoms with van der Waals surface area (Å²) in [6.45, 7) is 4.59. The molecule has 2 aromatic rings. The van der Waals surface area contributed by atoms with Crippen LogP contribution in [0.4, 0.5) is 0 Å². The maximum atomic E-state index is 12.6. The smallest absolute Gasteiger partial charge is 0.261 e. The third-order valence-corrected chi connectivity index (χ3v) is 6.68. The molecule has 0 radical (unpaired) electrons. The van der Waals surface area contributed by atoms with Crippen molar-refractivity contribution in [2.45, 2.75) is 31.8 Å². The van der Waals surface area contributed by atoms with Gasteiger partial charge in [0.15, 0.2) is 10.1 Å². The predicted molar refractivity (Wildman–Crippen MR) is 93.7 cm³/mol. The van der Waals surface area contributed by atoms with Crippen LogP contribution >= 0.6 is 22.7 Å². The third kappa shape index (κ3) is 3.03. The van der Waals surface area contributed by atoms with E-state index in [1.54, 1.807) is 11.3 Å². The maximum absolute atomic E-state index is 12.6. The van der Waals surface area contributed by atoms with Crippen LogP contribution in [0.3, 0.4) is 0 Å². The van der Waals surface area contributed by atoms with Gasteiger partial charge in [0, 0.05) is 12.1 Å². The Hall–Kier alpha value is -1.37. The number of hydrogen-bond donors (Lipinski definition) is 1. The van der Waals surface area contributed by atoms with Gasteiger partial charge in [-0.15, -0.1) is 11.3 Å². The summed E-state index contributed by atoms with van der Waals surface area (Å²) >= 11 is 2.96. The minimum Gasteiger partial charge on any atom is -0.436 e. The fourth-order valence-corrected chi connectivity index (χ4v) is 5.10. The molecule has 3 fully saturated rings. The second-order valence-electron chi connectivity index (χ2n) is 6.27. The van der Waals surface area contributed by atoms with E-state index >= 15 is 0 Å². The summed E-state index contributed by atoms with van der Waals surface area (Å²) in [5, 5.41) is 6.86. The highest BCUT2D eigenvalue weighted by molar-refractivity contribution is 7.16. The van der Waals surface area contributed by atoms with Crippen molar-refractivity contribution in [3.05, 3.63) is 34.5 Å². The number of thiophene rings is 2. The molecule has 4 nitrogen and oxygen atoms in total. The van der Waals surface area contributed by atoms with Crippen molar-refractivity contribution in [2.24, 2.45) is 5.92 Å². The Morgan fingerprint density at radius 3 is 2.78 bits per heavy atom. The van der Waals surface area contributed by atoms with Gasteiger partial charge in [-0.1, -0.05) is 11.3 Å². The first kappa shape index (κ1) is 15.2. The number of amides is 1. The van der Waals surface area contributed by atoms with Gasteiger partial charge in [0.1, 0.15) is 0 Å². The summed E-state index contributed by atoms with van der Waals surface area (Å²) in [6.07, 6.45) is 2.40. The monoisotopic (exact) mass is 348 g/mol. The average molecular weight is 348 g/mol. The molecule has 6 heteroatoms. The zero-order valence-corrected chi connectivity index (χ0v) is 14.7. The fourth-order valence-electron chi connectivity index (χ4n) is 3.69. The summed E-state index contributed by atoms with van der Waals surface area (Å²) in [5.74, 6) is 0.655. The number of nitrogens with zero attached hydrogens (tertiary/aromatic N) is 1. The van der Waals surface area contributed by atoms with Gasteiger partial charge in [-0.3, -0.25) is 9.69 Å². The largest absolute Gasteiger partial charge is 0.436 e. The zero-order valence-electron chi connectivity index (χ0n) is 13.0. The molecule has 0 aromatic carbocycles. The first-order chi connectivity index (χ1) is 11.2. The molecule has 0 spiro atoms. The lowest BCUT2D eigenvalue weighted by Gasteiger charge is -2.49. The minimum absolute atomic E-state index is 0.0293. The predicted octanol–water partition coefficient (Wildman–Crippen LogP) is 3.81. The average Bonchev–Trinajstić information content (AvgIpc) is 3.23. The normalized spacial score (nSPS) is 29.4. The molecule has 2 aromatic heterocycles. The van der Waals surface area contributed by atoms with Gasteiger partial charge in [0.25, 0.3) is 5.91 Å². The van der Waals surface area contributed by atoms with Crippen LogP contribution in [-0.2, 0) is 0 Å². The van der Waals surface area contributed by atoms with E-state index in [9.17, 15) is 4.79 Å². The quantitative estimate of drug-likeness (QED) is 0.913. The Morgan fingerprint density at radius 2 is 2.09 bits per heavy atom. The van der Waals surface area contributed by atoms with Crippen molar-refractivity contribution < 1.29 is 9.53 Å². The fraction of sp³-hybridized carbons (Fsp3) is 0.471. The first-order valence-electron chi connectivity index (χ1n) is 8.07. The molecule has 5 rings (SSSR count). The molecule has 3 aliphatic heterocycles. The van der Waals surface area contributed by atoms with Crippen LogP contribution in [0, 0.1) is 5.92 Å². The Morgan fingerprint density at radius 1 is 1.26 bits per heavy atom. The number of ether oxygens (including phenoxy) is 1. The van der Waals surface area contributed by atoms with Crippen LogP contribution in [0.25, 0.3) is 0 Å². The second-order valence-corrected chi connectivity index (χ2v) is 8.22. The minimum atomic E-state index is 0.0293. The zero-order chi connectivity index (χ0) is 15.8. The van der Waals surface area contributed by atoms with E-state index in [1.165, 1.54) is 37.3 Å². The molecule has 23 heavy (non-hydrogen) atoms. The van der Waals surface area contributed by atoms with E-state index in [4.69, 9.17) is 4.74 Å². The summed E-state index contributed by atoms with van der Waals surface area (Å²) in [7, 11) is 0. The molecule has 3 aliphatic rings. The SMILES string of the molecule is C[C@H]1[C@H](NC(=O)c2ccc(Oc3cccs3)s2)C2CCN1CC2. The molecule has 1 amide bonds. The summed E-state index contributed by atoms with van der Waals surface area (Å²) < 4.78 is 5.76. The number of carbonyl (C=O) groups excluding carboxylic acids is 1. The maximum Gasteiger partial charge on any atom is 0.261 e. The van der Waals surface area contributed by atoms with Gasteiger partial charge in [-0.05, 0) is 68.4 Å². The highest BCUT2D eigenvalue weighted by Crippen LogP contribution is 2.34. The van der Waals surface area contributed by atoms with Crippen LogP contribution in [-0.4, -0.2) is 36.0 Å². The van der Waals surface area contributed by atoms with E-state index in [-0.39, 0.29) is 11.9 Å². The highest BCUT2D eigenvalue weighted by atomic mass is 32.1. The molecule has 2 atom stereocenters. The second kappa shape index (κ2) is 6.26. The standard InChI is InChI=1S/C17H20N2O2S2/c1-11-16(12-6-8-19(11)9-7-12)18-17(20)13-4-5-15(23-13)21-14-3-2-10-22-14/h2-5,10-12,16H,6-9H2,1H3,(H,18,20)/t11-,16-/m0/s1. The molecule has 3 saturated heterocycles. The molecule has 0 saturated carbocycles. The molecule has 2 bridgehead atoms. The number of nitrogens with one attached hydrogen (secondary N) is 1. The van der Waals surface area contributed by atoms with Crippen molar-refractivity contribution in [1.82, 2.24) is 10.2 Å².